The highest BCUT2D eigenvalue weighted by molar-refractivity contribution is 8.17. The Morgan fingerprint density at radius 3 is 2.55 bits per heavy atom. The Labute approximate surface area is 70.9 Å². The lowest BCUT2D eigenvalue weighted by atomic mass is 10.1. The molecule has 60 valence electrons. The Morgan fingerprint density at radius 2 is 2.00 bits per heavy atom. The van der Waals surface area contributed by atoms with Crippen molar-refractivity contribution in [2.45, 2.75) is 19.3 Å². The van der Waals surface area contributed by atoms with Crippen LogP contribution >= 0.6 is 11.8 Å². The molecule has 0 atom stereocenters. The molecule has 0 spiro atoms. The maximum absolute atomic E-state index is 8.31. The Morgan fingerprint density at radius 1 is 1.36 bits per heavy atom. The van der Waals surface area contributed by atoms with Crippen molar-refractivity contribution in [2.75, 3.05) is 13.1 Å². The van der Waals surface area contributed by atoms with E-state index in [0.717, 1.165) is 37.7 Å². The van der Waals surface area contributed by atoms with Crippen molar-refractivity contribution in [3.05, 3.63) is 0 Å². The van der Waals surface area contributed by atoms with Gasteiger partial charge in [-0.3, -0.25) is 5.41 Å². The summed E-state index contributed by atoms with van der Waals surface area (Å²) in [5, 5.41) is 18.1. The summed E-state index contributed by atoms with van der Waals surface area (Å²) in [4.78, 5) is 1.97. The number of amidine groups is 1. The maximum Gasteiger partial charge on any atom is 0.171 e. The summed E-state index contributed by atoms with van der Waals surface area (Å²) in [7, 11) is 0. The molecule has 1 aliphatic rings. The van der Waals surface area contributed by atoms with Gasteiger partial charge in [-0.1, -0.05) is 0 Å². The molecule has 0 bridgehead atoms. The van der Waals surface area contributed by atoms with Crippen molar-refractivity contribution in [3.8, 4) is 5.40 Å². The van der Waals surface area contributed by atoms with E-state index in [1.807, 2.05) is 10.3 Å². The molecule has 0 aromatic rings. The van der Waals surface area contributed by atoms with E-state index in [1.54, 1.807) is 0 Å². The summed E-state index contributed by atoms with van der Waals surface area (Å²) in [5.74, 6) is 0. The second kappa shape index (κ2) is 4.24. The van der Waals surface area contributed by atoms with Crippen LogP contribution in [0, 0.1) is 16.1 Å². The van der Waals surface area contributed by atoms with Crippen LogP contribution in [0.1, 0.15) is 19.3 Å². The lowest BCUT2D eigenvalue weighted by Gasteiger charge is -2.26. The summed E-state index contributed by atoms with van der Waals surface area (Å²) in [6.07, 6.45) is 3.59. The van der Waals surface area contributed by atoms with E-state index >= 15 is 0 Å². The van der Waals surface area contributed by atoms with Crippen molar-refractivity contribution in [1.29, 1.82) is 10.7 Å². The molecule has 0 aromatic carbocycles. The van der Waals surface area contributed by atoms with Gasteiger partial charge in [0.25, 0.3) is 0 Å². The first-order valence-corrected chi connectivity index (χ1v) is 4.55. The Hall–Kier alpha value is -0.690. The molecule has 11 heavy (non-hydrogen) atoms. The summed E-state index contributed by atoms with van der Waals surface area (Å²) in [5.41, 5.74) is 0. The van der Waals surface area contributed by atoms with E-state index < -0.39 is 0 Å². The molecule has 1 rings (SSSR count). The van der Waals surface area contributed by atoms with Gasteiger partial charge in [-0.15, -0.1) is 0 Å². The fourth-order valence-electron chi connectivity index (χ4n) is 1.20. The minimum absolute atomic E-state index is 0.409. The average Bonchev–Trinajstić information content (AvgIpc) is 2.07. The second-order valence-electron chi connectivity index (χ2n) is 2.55. The minimum Gasteiger partial charge on any atom is -0.351 e. The van der Waals surface area contributed by atoms with Crippen LogP contribution in [0.5, 0.6) is 0 Å². The zero-order valence-corrected chi connectivity index (χ0v) is 7.15. The first-order chi connectivity index (χ1) is 5.34. The molecule has 3 nitrogen and oxygen atoms in total. The van der Waals surface area contributed by atoms with Gasteiger partial charge < -0.3 is 4.90 Å². The molecule has 1 aliphatic heterocycles. The van der Waals surface area contributed by atoms with Crippen molar-refractivity contribution in [2.24, 2.45) is 0 Å². The van der Waals surface area contributed by atoms with E-state index in [-0.39, 0.29) is 0 Å². The lowest BCUT2D eigenvalue weighted by Crippen LogP contribution is -2.33. The average molecular weight is 169 g/mol. The molecule has 1 heterocycles. The van der Waals surface area contributed by atoms with Crippen molar-refractivity contribution in [3.63, 3.8) is 0 Å². The Balaban J connectivity index is 2.34. The monoisotopic (exact) mass is 169 g/mol. The second-order valence-corrected chi connectivity index (χ2v) is 3.32. The van der Waals surface area contributed by atoms with E-state index in [4.69, 9.17) is 10.7 Å². The number of piperidine rings is 1. The third-order valence-corrected chi connectivity index (χ3v) is 2.33. The number of nitriles is 1. The molecule has 0 aromatic heterocycles. The van der Waals surface area contributed by atoms with Crippen molar-refractivity contribution in [1.82, 2.24) is 4.90 Å². The highest BCUT2D eigenvalue weighted by Gasteiger charge is 2.12. The summed E-state index contributed by atoms with van der Waals surface area (Å²) in [6.45, 7) is 1.90. The highest BCUT2D eigenvalue weighted by atomic mass is 32.2. The quantitative estimate of drug-likeness (QED) is 0.340. The Kier molecular flexibility index (Phi) is 3.24. The summed E-state index contributed by atoms with van der Waals surface area (Å²) >= 11 is 0.953. The third kappa shape index (κ3) is 2.43. The largest absolute Gasteiger partial charge is 0.351 e. The fourth-order valence-corrected chi connectivity index (χ4v) is 1.60. The van der Waals surface area contributed by atoms with Gasteiger partial charge in [0, 0.05) is 24.9 Å². The van der Waals surface area contributed by atoms with E-state index in [0.29, 0.717) is 5.17 Å². The minimum atomic E-state index is 0.409. The van der Waals surface area contributed by atoms with Gasteiger partial charge in [-0.2, -0.15) is 5.26 Å². The molecule has 1 saturated heterocycles. The number of thioether (sulfide) groups is 1. The normalized spacial score (nSPS) is 17.5. The van der Waals surface area contributed by atoms with Gasteiger partial charge in [-0.25, -0.2) is 0 Å². The van der Waals surface area contributed by atoms with Gasteiger partial charge in [0.15, 0.2) is 5.17 Å². The molecule has 0 saturated carbocycles. The number of hydrogen-bond donors (Lipinski definition) is 1. The molecular formula is C7H11N3S. The smallest absolute Gasteiger partial charge is 0.171 e. The zero-order chi connectivity index (χ0) is 8.10. The van der Waals surface area contributed by atoms with E-state index in [9.17, 15) is 0 Å². The lowest BCUT2D eigenvalue weighted by molar-refractivity contribution is 0.346. The third-order valence-electron chi connectivity index (χ3n) is 1.79. The molecule has 0 amide bonds. The van der Waals surface area contributed by atoms with Gasteiger partial charge in [0.05, 0.1) is 0 Å². The number of likely N-dealkylation sites (tertiary alicyclic amines) is 1. The molecule has 0 radical (unpaired) electrons. The SMILES string of the molecule is N#CSC(=N)N1CCCCC1. The van der Waals surface area contributed by atoms with Crippen LogP contribution in [-0.4, -0.2) is 23.2 Å². The van der Waals surface area contributed by atoms with Crippen LogP contribution in [0.15, 0.2) is 0 Å². The predicted molar refractivity (Wildman–Crippen MR) is 46.4 cm³/mol. The molecule has 0 aliphatic carbocycles. The number of nitrogens with zero attached hydrogens (tertiary/aromatic N) is 2. The highest BCUT2D eigenvalue weighted by Crippen LogP contribution is 2.13. The number of thiocyanates is 1. The molecule has 4 heteroatoms. The zero-order valence-electron chi connectivity index (χ0n) is 6.34. The first kappa shape index (κ1) is 8.41. The topological polar surface area (TPSA) is 50.9 Å². The number of nitrogens with one attached hydrogen (secondary N) is 1. The van der Waals surface area contributed by atoms with Gasteiger partial charge >= 0.3 is 0 Å². The number of hydrogen-bond acceptors (Lipinski definition) is 3. The van der Waals surface area contributed by atoms with Gasteiger partial charge in [0.2, 0.25) is 0 Å². The molecule has 0 unspecified atom stereocenters. The van der Waals surface area contributed by atoms with Crippen LogP contribution in [0.2, 0.25) is 0 Å². The van der Waals surface area contributed by atoms with Crippen LogP contribution < -0.4 is 0 Å². The number of rotatable bonds is 0. The van der Waals surface area contributed by atoms with Gasteiger partial charge in [0.1, 0.15) is 5.40 Å². The van der Waals surface area contributed by atoms with E-state index in [2.05, 4.69) is 0 Å². The van der Waals surface area contributed by atoms with Crippen molar-refractivity contribution >= 4 is 16.9 Å². The molecule has 1 fully saturated rings. The van der Waals surface area contributed by atoms with Crippen molar-refractivity contribution < 1.29 is 0 Å². The van der Waals surface area contributed by atoms with Crippen LogP contribution in [0.4, 0.5) is 0 Å². The first-order valence-electron chi connectivity index (χ1n) is 3.74. The van der Waals surface area contributed by atoms with Crippen LogP contribution in [0.25, 0.3) is 0 Å². The van der Waals surface area contributed by atoms with Gasteiger partial charge in [-0.05, 0) is 19.3 Å². The fraction of sp³-hybridized carbons (Fsp3) is 0.714. The summed E-state index contributed by atoms with van der Waals surface area (Å²) in [6, 6.07) is 0. The Bertz CT molecular complexity index is 179. The van der Waals surface area contributed by atoms with Crippen LogP contribution in [-0.2, 0) is 0 Å². The molecule has 1 N–H and O–H groups in total. The standard InChI is InChI=1S/C7H11N3S/c8-6-11-7(9)10-4-2-1-3-5-10/h9H,1-5H2. The molecular weight excluding hydrogens is 158 g/mol. The van der Waals surface area contributed by atoms with E-state index in [1.165, 1.54) is 6.42 Å². The summed E-state index contributed by atoms with van der Waals surface area (Å²) < 4.78 is 0. The predicted octanol–water partition coefficient (Wildman–Crippen LogP) is 1.62. The maximum atomic E-state index is 8.31. The van der Waals surface area contributed by atoms with Crippen LogP contribution in [0.3, 0.4) is 0 Å².